The van der Waals surface area contributed by atoms with Gasteiger partial charge in [-0.15, -0.1) is 0 Å². The number of pyridine rings is 1. The molecule has 42 heavy (non-hydrogen) atoms. The summed E-state index contributed by atoms with van der Waals surface area (Å²) in [6, 6.07) is 16.8. The Bertz CT molecular complexity index is 1910. The molecule has 0 bridgehead atoms. The quantitative estimate of drug-likeness (QED) is 0.248. The summed E-state index contributed by atoms with van der Waals surface area (Å²) in [7, 11) is 3.94. The van der Waals surface area contributed by atoms with Crippen molar-refractivity contribution in [1.29, 1.82) is 0 Å². The summed E-state index contributed by atoms with van der Waals surface area (Å²) >= 11 is 0. The van der Waals surface area contributed by atoms with Gasteiger partial charge in [-0.3, -0.25) is 10.1 Å². The Morgan fingerprint density at radius 3 is 2.74 bits per heavy atom. The lowest BCUT2D eigenvalue weighted by molar-refractivity contribution is 0.260. The summed E-state index contributed by atoms with van der Waals surface area (Å²) < 4.78 is 20.5. The van der Waals surface area contributed by atoms with Gasteiger partial charge in [0.25, 0.3) is 0 Å². The van der Waals surface area contributed by atoms with E-state index in [0.717, 1.165) is 58.7 Å². The van der Waals surface area contributed by atoms with Gasteiger partial charge in [0, 0.05) is 42.6 Å². The minimum absolute atomic E-state index is 0.166. The van der Waals surface area contributed by atoms with Gasteiger partial charge >= 0.3 is 0 Å². The molecule has 0 atom stereocenters. The number of halogens is 1. The number of ether oxygens (including phenoxy) is 1. The van der Waals surface area contributed by atoms with Crippen LogP contribution in [0.3, 0.4) is 0 Å². The van der Waals surface area contributed by atoms with Crippen LogP contribution in [-0.2, 0) is 0 Å². The molecule has 7 rings (SSSR count). The van der Waals surface area contributed by atoms with E-state index < -0.39 is 0 Å². The number of hydrogen-bond donors (Lipinski definition) is 3. The Morgan fingerprint density at radius 2 is 1.90 bits per heavy atom. The molecule has 1 saturated heterocycles. The van der Waals surface area contributed by atoms with Crippen LogP contribution in [0.15, 0.2) is 67.0 Å². The Balaban J connectivity index is 1.24. The molecular weight excluding hydrogens is 533 g/mol. The van der Waals surface area contributed by atoms with E-state index in [9.17, 15) is 4.39 Å². The van der Waals surface area contributed by atoms with Crippen molar-refractivity contribution in [2.24, 2.45) is 5.73 Å². The van der Waals surface area contributed by atoms with E-state index in [4.69, 9.17) is 20.4 Å². The molecule has 2 aromatic carbocycles. The summed E-state index contributed by atoms with van der Waals surface area (Å²) in [6.07, 6.45) is 3.46. The zero-order chi connectivity index (χ0) is 28.8. The van der Waals surface area contributed by atoms with Crippen LogP contribution in [0.2, 0.25) is 0 Å². The fourth-order valence-electron chi connectivity index (χ4n) is 5.24. The summed E-state index contributed by atoms with van der Waals surface area (Å²) in [5, 5.41) is 8.62. The van der Waals surface area contributed by atoms with Crippen LogP contribution in [0.1, 0.15) is 0 Å². The molecule has 0 saturated carbocycles. The zero-order valence-electron chi connectivity index (χ0n) is 23.3. The second kappa shape index (κ2) is 10.5. The molecule has 5 heterocycles. The molecule has 4 N–H and O–H groups in total. The number of likely N-dealkylation sites (N-methyl/N-ethyl adjacent to an activating group) is 1. The zero-order valence-corrected chi connectivity index (χ0v) is 23.3. The van der Waals surface area contributed by atoms with Gasteiger partial charge in [-0.05, 0) is 61.6 Å². The molecule has 212 valence electrons. The van der Waals surface area contributed by atoms with Gasteiger partial charge in [-0.25, -0.2) is 14.4 Å². The predicted octanol–water partition coefficient (Wildman–Crippen LogP) is 4.46. The maximum atomic E-state index is 14.7. The normalized spacial score (nSPS) is 13.8. The summed E-state index contributed by atoms with van der Waals surface area (Å²) in [6.45, 7) is 2.73. The lowest BCUT2D eigenvalue weighted by atomic mass is 10.0. The molecule has 4 aromatic heterocycles. The lowest BCUT2D eigenvalue weighted by Crippen LogP contribution is -2.56. The fourth-order valence-corrected chi connectivity index (χ4v) is 5.24. The molecule has 0 unspecified atom stereocenters. The Hall–Kier alpha value is -4.87. The van der Waals surface area contributed by atoms with Crippen molar-refractivity contribution in [3.8, 4) is 39.7 Å². The highest BCUT2D eigenvalue weighted by Crippen LogP contribution is 2.35. The summed E-state index contributed by atoms with van der Waals surface area (Å²) in [5.74, 6) is 0.938. The monoisotopic (exact) mass is 563 g/mol. The highest BCUT2D eigenvalue weighted by molar-refractivity contribution is 6.00. The van der Waals surface area contributed by atoms with Crippen LogP contribution in [-0.4, -0.2) is 81.4 Å². The SMILES string of the molecule is CN(C)CCOc1cc(F)cc(-c2cccc3[nH]c(-c4n[nH]c5ccc(-c6cncc(N7CC(N)C7)n6)nc45)cc23)c1. The van der Waals surface area contributed by atoms with Gasteiger partial charge in [0.15, 0.2) is 0 Å². The number of hydrogen-bond acceptors (Lipinski definition) is 8. The second-order valence-corrected chi connectivity index (χ2v) is 10.9. The number of benzene rings is 2. The number of rotatable bonds is 8. The third-order valence-electron chi connectivity index (χ3n) is 7.43. The number of nitrogens with one attached hydrogen (secondary N) is 2. The first kappa shape index (κ1) is 26.1. The molecule has 0 spiro atoms. The van der Waals surface area contributed by atoms with Gasteiger partial charge in [0.1, 0.15) is 40.9 Å². The van der Waals surface area contributed by atoms with Crippen molar-refractivity contribution in [3.05, 3.63) is 72.8 Å². The predicted molar refractivity (Wildman–Crippen MR) is 162 cm³/mol. The molecular formula is C31H30FN9O. The van der Waals surface area contributed by atoms with E-state index in [0.29, 0.717) is 35.0 Å². The first-order valence-corrected chi connectivity index (χ1v) is 13.8. The molecule has 10 nitrogen and oxygen atoms in total. The highest BCUT2D eigenvalue weighted by Gasteiger charge is 2.25. The van der Waals surface area contributed by atoms with Crippen LogP contribution in [0.5, 0.6) is 5.75 Å². The highest BCUT2D eigenvalue weighted by atomic mass is 19.1. The van der Waals surface area contributed by atoms with Gasteiger partial charge in [0.05, 0.1) is 29.3 Å². The third kappa shape index (κ3) is 4.93. The molecule has 1 fully saturated rings. The average molecular weight is 564 g/mol. The van der Waals surface area contributed by atoms with Gasteiger partial charge in [0.2, 0.25) is 0 Å². The number of nitrogens with two attached hydrogens (primary N) is 1. The number of aromatic nitrogens is 6. The number of anilines is 1. The molecule has 1 aliphatic rings. The van der Waals surface area contributed by atoms with Gasteiger partial charge < -0.3 is 25.3 Å². The van der Waals surface area contributed by atoms with Crippen molar-refractivity contribution >= 4 is 27.8 Å². The molecule has 6 aromatic rings. The van der Waals surface area contributed by atoms with Crippen molar-refractivity contribution in [2.75, 3.05) is 45.2 Å². The maximum absolute atomic E-state index is 14.7. The molecule has 0 aliphatic carbocycles. The fraction of sp³-hybridized carbons (Fsp3) is 0.226. The van der Waals surface area contributed by atoms with Crippen molar-refractivity contribution in [3.63, 3.8) is 0 Å². The van der Waals surface area contributed by atoms with E-state index in [1.54, 1.807) is 12.4 Å². The molecule has 0 amide bonds. The van der Waals surface area contributed by atoms with Crippen LogP contribution >= 0.6 is 0 Å². The van der Waals surface area contributed by atoms with E-state index in [1.165, 1.54) is 12.1 Å². The van der Waals surface area contributed by atoms with Crippen LogP contribution in [0.4, 0.5) is 10.2 Å². The van der Waals surface area contributed by atoms with Crippen molar-refractivity contribution in [1.82, 2.24) is 35.0 Å². The second-order valence-electron chi connectivity index (χ2n) is 10.9. The maximum Gasteiger partial charge on any atom is 0.147 e. The minimum atomic E-state index is -0.348. The standard InChI is InChI=1S/C31H30FN9O/c1-40(2)8-9-42-21-11-18(10-19(32)12-21)22-4-3-5-24-23(22)13-27(35-24)31-30-26(38-39-31)7-6-25(37-30)28-14-34-15-29(36-28)41-16-20(33)17-41/h3-7,10-15,20,35H,8-9,16-17,33H2,1-2H3,(H,38,39). The number of fused-ring (bicyclic) bond motifs is 2. The number of H-pyrrole nitrogens is 2. The van der Waals surface area contributed by atoms with Crippen molar-refractivity contribution in [2.45, 2.75) is 6.04 Å². The smallest absolute Gasteiger partial charge is 0.147 e. The van der Waals surface area contributed by atoms with Crippen LogP contribution < -0.4 is 15.4 Å². The Kier molecular flexibility index (Phi) is 6.52. The molecule has 11 heteroatoms. The van der Waals surface area contributed by atoms with E-state index in [-0.39, 0.29) is 11.9 Å². The lowest BCUT2D eigenvalue weighted by Gasteiger charge is -2.37. The van der Waals surface area contributed by atoms with Crippen LogP contribution in [0.25, 0.3) is 55.8 Å². The Morgan fingerprint density at radius 1 is 1.02 bits per heavy atom. The molecule has 1 aliphatic heterocycles. The molecule has 0 radical (unpaired) electrons. The van der Waals surface area contributed by atoms with E-state index in [1.807, 2.05) is 61.5 Å². The van der Waals surface area contributed by atoms with Crippen molar-refractivity contribution < 1.29 is 9.13 Å². The summed E-state index contributed by atoms with van der Waals surface area (Å²) in [5.41, 5.74) is 12.8. The minimum Gasteiger partial charge on any atom is -0.492 e. The average Bonchev–Trinajstić information content (AvgIpc) is 3.59. The van der Waals surface area contributed by atoms with Gasteiger partial charge in [-0.1, -0.05) is 12.1 Å². The van der Waals surface area contributed by atoms with E-state index >= 15 is 0 Å². The van der Waals surface area contributed by atoms with Crippen LogP contribution in [0, 0.1) is 5.82 Å². The summed E-state index contributed by atoms with van der Waals surface area (Å²) in [4.78, 5) is 21.7. The van der Waals surface area contributed by atoms with Gasteiger partial charge in [-0.2, -0.15) is 5.10 Å². The Labute approximate surface area is 241 Å². The number of nitrogens with zero attached hydrogens (tertiary/aromatic N) is 6. The third-order valence-corrected chi connectivity index (χ3v) is 7.43. The van der Waals surface area contributed by atoms with E-state index in [2.05, 4.69) is 25.1 Å². The largest absolute Gasteiger partial charge is 0.492 e. The number of aromatic amines is 2. The first-order chi connectivity index (χ1) is 20.4. The first-order valence-electron chi connectivity index (χ1n) is 13.8. The topological polar surface area (TPSA) is 125 Å².